The molecule has 3 N–H and O–H groups in total. The molecule has 43 heavy (non-hydrogen) atoms. The number of benzene rings is 3. The summed E-state index contributed by atoms with van der Waals surface area (Å²) in [7, 11) is 3.07. The maximum absolute atomic E-state index is 12.6. The molecule has 0 atom stereocenters. The first-order chi connectivity index (χ1) is 20.6. The van der Waals surface area contributed by atoms with Gasteiger partial charge < -0.3 is 24.8 Å². The van der Waals surface area contributed by atoms with Gasteiger partial charge >= 0.3 is 11.9 Å². The van der Waals surface area contributed by atoms with E-state index >= 15 is 0 Å². The number of aliphatic carboxylic acids is 2. The summed E-state index contributed by atoms with van der Waals surface area (Å²) in [5, 5.41) is 30.0. The lowest BCUT2D eigenvalue weighted by Gasteiger charge is -2.16. The second kappa shape index (κ2) is 12.2. The molecule has 0 aliphatic carbocycles. The molecule has 3 aromatic carbocycles. The Bertz CT molecular complexity index is 1920. The molecule has 0 aliphatic rings. The van der Waals surface area contributed by atoms with Crippen LogP contribution < -0.4 is 9.47 Å². The first-order valence-electron chi connectivity index (χ1n) is 13.1. The quantitative estimate of drug-likeness (QED) is 0.123. The summed E-state index contributed by atoms with van der Waals surface area (Å²) in [6, 6.07) is 15.8. The molecule has 0 unspecified atom stereocenters. The van der Waals surface area contributed by atoms with E-state index in [9.17, 15) is 24.3 Å². The zero-order chi connectivity index (χ0) is 30.8. The molecule has 0 radical (unpaired) electrons. The number of Topliss-reactive ketones (excluding diaryl/α,β-unsaturated/α-hetero) is 2. The van der Waals surface area contributed by atoms with Gasteiger partial charge in [0.15, 0.2) is 11.6 Å². The number of phenolic OH excluding ortho intramolecular Hbond substituents is 1. The van der Waals surface area contributed by atoms with Crippen LogP contribution in [0.2, 0.25) is 0 Å². The third-order valence-corrected chi connectivity index (χ3v) is 9.22. The zero-order valence-corrected chi connectivity index (χ0v) is 24.8. The minimum Gasteiger partial charge on any atom is -0.508 e. The van der Waals surface area contributed by atoms with Crippen molar-refractivity contribution < 1.29 is 44.0 Å². The predicted molar refractivity (Wildman–Crippen MR) is 165 cm³/mol. The Morgan fingerprint density at radius 1 is 0.605 bits per heavy atom. The molecule has 0 bridgehead atoms. The molecular weight excluding hydrogens is 592 g/mol. The monoisotopic (exact) mass is 618 g/mol. The summed E-state index contributed by atoms with van der Waals surface area (Å²) in [6.07, 6.45) is -0.678. The highest BCUT2D eigenvalue weighted by atomic mass is 32.1. The average Bonchev–Trinajstić information content (AvgIpc) is 3.60. The van der Waals surface area contributed by atoms with Crippen LogP contribution in [0.4, 0.5) is 0 Å². The normalized spacial score (nSPS) is 11.1. The fourth-order valence-corrected chi connectivity index (χ4v) is 6.95. The van der Waals surface area contributed by atoms with E-state index in [0.717, 1.165) is 25.7 Å². The van der Waals surface area contributed by atoms with E-state index in [4.69, 9.17) is 19.7 Å². The Kier molecular flexibility index (Phi) is 8.47. The number of carboxylic acids is 2. The lowest BCUT2D eigenvalue weighted by molar-refractivity contribution is -0.137. The van der Waals surface area contributed by atoms with Crippen LogP contribution in [-0.4, -0.2) is 53.0 Å². The molecule has 0 spiro atoms. The summed E-state index contributed by atoms with van der Waals surface area (Å²) < 4.78 is 13.1. The molecule has 5 rings (SSSR count). The van der Waals surface area contributed by atoms with Gasteiger partial charge in [0.05, 0.1) is 36.8 Å². The van der Waals surface area contributed by atoms with Crippen LogP contribution in [-0.2, 0) is 9.59 Å². The van der Waals surface area contributed by atoms with E-state index in [1.807, 2.05) is 18.2 Å². The van der Waals surface area contributed by atoms with Crippen molar-refractivity contribution in [3.05, 3.63) is 64.4 Å². The van der Waals surface area contributed by atoms with E-state index < -0.39 is 11.9 Å². The molecule has 220 valence electrons. The van der Waals surface area contributed by atoms with Crippen molar-refractivity contribution in [3.63, 3.8) is 0 Å². The molecule has 9 nitrogen and oxygen atoms in total. The number of phenols is 1. The second-order valence-electron chi connectivity index (χ2n) is 9.77. The summed E-state index contributed by atoms with van der Waals surface area (Å²) in [6.45, 7) is 0. The highest BCUT2D eigenvalue weighted by Crippen LogP contribution is 2.46. The van der Waals surface area contributed by atoms with Crippen LogP contribution >= 0.6 is 22.7 Å². The molecule has 2 heterocycles. The zero-order valence-electron chi connectivity index (χ0n) is 23.1. The van der Waals surface area contributed by atoms with Gasteiger partial charge in [0, 0.05) is 33.4 Å². The van der Waals surface area contributed by atoms with Crippen LogP contribution in [0.25, 0.3) is 42.4 Å². The maximum Gasteiger partial charge on any atom is 0.303 e. The summed E-state index contributed by atoms with van der Waals surface area (Å²) in [5.41, 5.74) is 2.72. The van der Waals surface area contributed by atoms with Crippen molar-refractivity contribution in [3.8, 4) is 39.5 Å². The first-order valence-corrected chi connectivity index (χ1v) is 14.8. The van der Waals surface area contributed by atoms with Crippen molar-refractivity contribution in [2.45, 2.75) is 25.7 Å². The minimum absolute atomic E-state index is 0.0269. The number of fused-ring (bicyclic) bond motifs is 2. The fourth-order valence-electron chi connectivity index (χ4n) is 4.84. The number of carbonyl (C=O) groups excluding carboxylic acids is 2. The SMILES string of the molecule is COc1cc2cc(C(=O)CCC(=O)O)sc2cc1-c1ccc(O)cc1-c1cc2sc(C(=O)CCC(=O)O)cc2cc1OC. The number of ketones is 2. The Morgan fingerprint density at radius 2 is 1.07 bits per heavy atom. The third-order valence-electron chi connectivity index (χ3n) is 6.94. The van der Waals surface area contributed by atoms with Crippen molar-refractivity contribution in [1.29, 1.82) is 0 Å². The Balaban J connectivity index is 1.62. The lowest BCUT2D eigenvalue weighted by atomic mass is 9.92. The van der Waals surface area contributed by atoms with Crippen LogP contribution in [0.5, 0.6) is 17.2 Å². The van der Waals surface area contributed by atoms with E-state index in [0.29, 0.717) is 37.9 Å². The van der Waals surface area contributed by atoms with Crippen LogP contribution in [0, 0.1) is 0 Å². The number of hydrogen-bond acceptors (Lipinski definition) is 9. The van der Waals surface area contributed by atoms with Gasteiger partial charge in [-0.25, -0.2) is 0 Å². The highest BCUT2D eigenvalue weighted by molar-refractivity contribution is 7.21. The van der Waals surface area contributed by atoms with Crippen LogP contribution in [0.3, 0.4) is 0 Å². The Labute approximate surface area is 253 Å². The number of methoxy groups -OCH3 is 2. The van der Waals surface area contributed by atoms with E-state index in [1.54, 1.807) is 36.4 Å². The van der Waals surface area contributed by atoms with Gasteiger partial charge in [-0.2, -0.15) is 0 Å². The number of carbonyl (C=O) groups is 4. The number of thiophene rings is 2. The Hall–Kier alpha value is -4.74. The molecular formula is C32H26O9S2. The molecule has 0 saturated heterocycles. The summed E-state index contributed by atoms with van der Waals surface area (Å²) in [4.78, 5) is 48.0. The van der Waals surface area contributed by atoms with Gasteiger partial charge in [0.25, 0.3) is 0 Å². The second-order valence-corrected chi connectivity index (χ2v) is 11.9. The number of carboxylic acid groups (broad SMARTS) is 2. The standard InChI is InChI=1S/C32H26O9S2/c1-40-25-9-16-11-29(23(34)5-7-31(36)37)42-27(16)14-21(25)19-4-3-18(33)13-20(19)22-15-28-17(10-26(22)41-2)12-30(43-28)24(35)6-8-32(38)39/h3-4,9-15,33H,5-8H2,1-2H3,(H,36,37)(H,38,39). The molecule has 11 heteroatoms. The Morgan fingerprint density at radius 3 is 1.51 bits per heavy atom. The largest absolute Gasteiger partial charge is 0.508 e. The van der Waals surface area contributed by atoms with E-state index in [1.165, 1.54) is 36.9 Å². The molecule has 0 fully saturated rings. The van der Waals surface area contributed by atoms with Gasteiger partial charge in [-0.05, 0) is 76.5 Å². The molecule has 0 amide bonds. The third kappa shape index (κ3) is 6.23. The van der Waals surface area contributed by atoms with Crippen LogP contribution in [0.1, 0.15) is 45.0 Å². The number of rotatable bonds is 12. The fraction of sp³-hybridized carbons (Fsp3) is 0.188. The van der Waals surface area contributed by atoms with Gasteiger partial charge in [-0.15, -0.1) is 22.7 Å². The van der Waals surface area contributed by atoms with Crippen molar-refractivity contribution in [2.75, 3.05) is 14.2 Å². The first kappa shape index (κ1) is 29.7. The molecule has 0 saturated carbocycles. The minimum atomic E-state index is -1.04. The van der Waals surface area contributed by atoms with Crippen molar-refractivity contribution in [1.82, 2.24) is 0 Å². The maximum atomic E-state index is 12.6. The van der Waals surface area contributed by atoms with E-state index in [-0.39, 0.29) is 43.0 Å². The van der Waals surface area contributed by atoms with Gasteiger partial charge in [-0.3, -0.25) is 19.2 Å². The number of aromatic hydroxyl groups is 1. The van der Waals surface area contributed by atoms with Crippen molar-refractivity contribution in [2.24, 2.45) is 0 Å². The van der Waals surface area contributed by atoms with Gasteiger partial charge in [-0.1, -0.05) is 0 Å². The average molecular weight is 619 g/mol. The lowest BCUT2D eigenvalue weighted by Crippen LogP contribution is -2.01. The van der Waals surface area contributed by atoms with Crippen molar-refractivity contribution >= 4 is 66.4 Å². The van der Waals surface area contributed by atoms with Crippen LogP contribution in [0.15, 0.2) is 54.6 Å². The molecule has 0 aliphatic heterocycles. The molecule has 5 aromatic rings. The summed E-state index contributed by atoms with van der Waals surface area (Å²) in [5.74, 6) is -1.50. The van der Waals surface area contributed by atoms with Gasteiger partial charge in [0.2, 0.25) is 0 Å². The predicted octanol–water partition coefficient (Wildman–Crippen LogP) is 7.27. The highest BCUT2D eigenvalue weighted by Gasteiger charge is 2.21. The van der Waals surface area contributed by atoms with Gasteiger partial charge in [0.1, 0.15) is 17.2 Å². The number of ether oxygens (including phenoxy) is 2. The summed E-state index contributed by atoms with van der Waals surface area (Å²) >= 11 is 2.53. The molecule has 2 aromatic heterocycles. The topological polar surface area (TPSA) is 147 Å². The van der Waals surface area contributed by atoms with E-state index in [2.05, 4.69) is 0 Å². The smallest absolute Gasteiger partial charge is 0.303 e. The number of hydrogen-bond donors (Lipinski definition) is 3.